The Hall–Kier alpha value is -3.46. The third-order valence-electron chi connectivity index (χ3n) is 3.87. The summed E-state index contributed by atoms with van der Waals surface area (Å²) in [6.45, 7) is 6.06. The van der Waals surface area contributed by atoms with Gasteiger partial charge in [-0.1, -0.05) is 0 Å². The minimum atomic E-state index is -0.523. The van der Waals surface area contributed by atoms with Crippen LogP contribution in [0.4, 0.5) is 17.1 Å². The van der Waals surface area contributed by atoms with Crippen LogP contribution in [0.3, 0.4) is 0 Å². The number of nitrogens with one attached hydrogen (secondary N) is 2. The van der Waals surface area contributed by atoms with E-state index in [0.717, 1.165) is 24.5 Å². The fourth-order valence-electron chi connectivity index (χ4n) is 2.40. The lowest BCUT2D eigenvalue weighted by Crippen LogP contribution is -2.21. The van der Waals surface area contributed by atoms with Crippen molar-refractivity contribution in [3.05, 3.63) is 60.3 Å². The van der Waals surface area contributed by atoms with E-state index in [1.165, 1.54) is 18.3 Å². The number of nitrogens with zero attached hydrogens (tertiary/aromatic N) is 2. The van der Waals surface area contributed by atoms with E-state index in [4.69, 9.17) is 0 Å². The zero-order valence-corrected chi connectivity index (χ0v) is 14.9. The second kappa shape index (κ2) is 9.14. The Balaban J connectivity index is 2.03. The number of rotatable bonds is 7. The highest BCUT2D eigenvalue weighted by Crippen LogP contribution is 2.18. The van der Waals surface area contributed by atoms with Gasteiger partial charge < -0.3 is 20.6 Å². The van der Waals surface area contributed by atoms with Crippen molar-refractivity contribution in [2.45, 2.75) is 13.8 Å². The van der Waals surface area contributed by atoms with Crippen molar-refractivity contribution in [1.82, 2.24) is 0 Å². The molecule has 0 spiro atoms. The second-order valence-electron chi connectivity index (χ2n) is 5.53. The maximum absolute atomic E-state index is 12.2. The lowest BCUT2D eigenvalue weighted by atomic mass is 10.2. The van der Waals surface area contributed by atoms with Crippen LogP contribution in [0, 0.1) is 11.3 Å². The number of aromatic hydroxyl groups is 1. The van der Waals surface area contributed by atoms with Crippen molar-refractivity contribution in [3.63, 3.8) is 0 Å². The lowest BCUT2D eigenvalue weighted by molar-refractivity contribution is -0.112. The molecule has 6 heteroatoms. The van der Waals surface area contributed by atoms with Crippen LogP contribution in [0.2, 0.25) is 0 Å². The number of hydrogen-bond donors (Lipinski definition) is 3. The molecule has 0 bridgehead atoms. The third-order valence-corrected chi connectivity index (χ3v) is 3.87. The molecule has 134 valence electrons. The third kappa shape index (κ3) is 5.02. The number of phenols is 1. The summed E-state index contributed by atoms with van der Waals surface area (Å²) in [5.74, 6) is -0.417. The summed E-state index contributed by atoms with van der Waals surface area (Å²) in [5.41, 5.74) is 2.35. The molecule has 6 nitrogen and oxygen atoms in total. The van der Waals surface area contributed by atoms with Gasteiger partial charge in [-0.2, -0.15) is 5.26 Å². The molecule has 0 heterocycles. The van der Waals surface area contributed by atoms with Gasteiger partial charge >= 0.3 is 0 Å². The first kappa shape index (κ1) is 18.9. The van der Waals surface area contributed by atoms with Crippen LogP contribution in [-0.4, -0.2) is 24.1 Å². The van der Waals surface area contributed by atoms with Crippen LogP contribution in [-0.2, 0) is 4.79 Å². The molecule has 2 rings (SSSR count). The van der Waals surface area contributed by atoms with E-state index in [1.807, 2.05) is 30.3 Å². The topological polar surface area (TPSA) is 88.4 Å². The monoisotopic (exact) mass is 350 g/mol. The van der Waals surface area contributed by atoms with Gasteiger partial charge in [0.25, 0.3) is 5.91 Å². The molecule has 1 amide bonds. The van der Waals surface area contributed by atoms with Gasteiger partial charge in [0.1, 0.15) is 17.4 Å². The lowest BCUT2D eigenvalue weighted by Gasteiger charge is -2.21. The molecule has 0 saturated heterocycles. The van der Waals surface area contributed by atoms with Crippen LogP contribution in [0.1, 0.15) is 13.8 Å². The van der Waals surface area contributed by atoms with Crippen molar-refractivity contribution in [3.8, 4) is 11.8 Å². The van der Waals surface area contributed by atoms with Crippen LogP contribution < -0.4 is 15.5 Å². The number of amides is 1. The molecule has 0 atom stereocenters. The van der Waals surface area contributed by atoms with Gasteiger partial charge in [-0.15, -0.1) is 0 Å². The normalized spacial score (nSPS) is 10.7. The molecule has 0 aromatic heterocycles. The second-order valence-corrected chi connectivity index (χ2v) is 5.53. The highest BCUT2D eigenvalue weighted by atomic mass is 16.3. The highest BCUT2D eigenvalue weighted by Gasteiger charge is 2.09. The van der Waals surface area contributed by atoms with E-state index < -0.39 is 5.91 Å². The van der Waals surface area contributed by atoms with E-state index >= 15 is 0 Å². The molecule has 0 aliphatic heterocycles. The molecule has 0 fully saturated rings. The summed E-state index contributed by atoms with van der Waals surface area (Å²) in [5, 5.41) is 24.0. The van der Waals surface area contributed by atoms with Gasteiger partial charge in [0, 0.05) is 36.4 Å². The Kier molecular flexibility index (Phi) is 6.63. The SMILES string of the molecule is CCN(CC)c1ccc(N/C=C(/C#N)C(=O)Nc2ccc(O)cc2)cc1. The zero-order valence-electron chi connectivity index (χ0n) is 14.9. The number of anilines is 3. The molecule has 2 aromatic rings. The van der Waals surface area contributed by atoms with Gasteiger partial charge in [-0.3, -0.25) is 4.79 Å². The quantitative estimate of drug-likeness (QED) is 0.403. The Labute approximate surface area is 153 Å². The van der Waals surface area contributed by atoms with Crippen molar-refractivity contribution in [2.24, 2.45) is 0 Å². The van der Waals surface area contributed by atoms with Crippen molar-refractivity contribution in [1.29, 1.82) is 5.26 Å². The average Bonchev–Trinajstić information content (AvgIpc) is 2.66. The summed E-state index contributed by atoms with van der Waals surface area (Å²) in [6, 6.07) is 15.7. The zero-order chi connectivity index (χ0) is 18.9. The van der Waals surface area contributed by atoms with Crippen LogP contribution in [0.25, 0.3) is 0 Å². The Morgan fingerprint density at radius 1 is 1.08 bits per heavy atom. The van der Waals surface area contributed by atoms with Gasteiger partial charge in [-0.05, 0) is 62.4 Å². The van der Waals surface area contributed by atoms with E-state index in [2.05, 4.69) is 29.4 Å². The molecule has 0 aliphatic carbocycles. The first-order valence-electron chi connectivity index (χ1n) is 8.39. The molecule has 0 saturated carbocycles. The number of phenolic OH excluding ortho intramolecular Hbond substituents is 1. The number of carbonyl (C=O) groups is 1. The van der Waals surface area contributed by atoms with Crippen molar-refractivity contribution >= 4 is 23.0 Å². The molecule has 3 N–H and O–H groups in total. The maximum Gasteiger partial charge on any atom is 0.267 e. The average molecular weight is 350 g/mol. The summed E-state index contributed by atoms with van der Waals surface area (Å²) in [6.07, 6.45) is 1.38. The minimum Gasteiger partial charge on any atom is -0.508 e. The fraction of sp³-hybridized carbons (Fsp3) is 0.200. The predicted molar refractivity (Wildman–Crippen MR) is 104 cm³/mol. The summed E-state index contributed by atoms with van der Waals surface area (Å²) >= 11 is 0. The number of carbonyl (C=O) groups excluding carboxylic acids is 1. The number of benzene rings is 2. The predicted octanol–water partition coefficient (Wildman–Crippen LogP) is 3.70. The van der Waals surface area contributed by atoms with Crippen molar-refractivity contribution in [2.75, 3.05) is 28.6 Å². The summed E-state index contributed by atoms with van der Waals surface area (Å²) < 4.78 is 0. The van der Waals surface area contributed by atoms with E-state index in [1.54, 1.807) is 12.1 Å². The standard InChI is InChI=1S/C20H22N4O2/c1-3-24(4-2)18-9-5-16(6-10-18)22-14-15(13-21)20(26)23-17-7-11-19(25)12-8-17/h5-12,14,22,25H,3-4H2,1-2H3,(H,23,26)/b15-14-. The molecule has 2 aromatic carbocycles. The molecule has 0 unspecified atom stereocenters. The Bertz CT molecular complexity index is 801. The van der Waals surface area contributed by atoms with E-state index in [0.29, 0.717) is 5.69 Å². The summed E-state index contributed by atoms with van der Waals surface area (Å²) in [7, 11) is 0. The van der Waals surface area contributed by atoms with Crippen LogP contribution in [0.15, 0.2) is 60.3 Å². The molecule has 0 radical (unpaired) electrons. The number of nitriles is 1. The summed E-state index contributed by atoms with van der Waals surface area (Å²) in [4.78, 5) is 14.4. The first-order valence-corrected chi connectivity index (χ1v) is 8.39. The largest absolute Gasteiger partial charge is 0.508 e. The minimum absolute atomic E-state index is 0.0501. The molecule has 26 heavy (non-hydrogen) atoms. The van der Waals surface area contributed by atoms with Gasteiger partial charge in [0.2, 0.25) is 0 Å². The Morgan fingerprint density at radius 3 is 2.19 bits per heavy atom. The van der Waals surface area contributed by atoms with Gasteiger partial charge in [0.15, 0.2) is 0 Å². The van der Waals surface area contributed by atoms with Crippen molar-refractivity contribution < 1.29 is 9.90 Å². The first-order chi connectivity index (χ1) is 12.6. The number of hydrogen-bond acceptors (Lipinski definition) is 5. The maximum atomic E-state index is 12.2. The molecule has 0 aliphatic rings. The molecular formula is C20H22N4O2. The molecular weight excluding hydrogens is 328 g/mol. The fourth-order valence-corrected chi connectivity index (χ4v) is 2.40. The smallest absolute Gasteiger partial charge is 0.267 e. The van der Waals surface area contributed by atoms with Crippen LogP contribution >= 0.6 is 0 Å². The van der Waals surface area contributed by atoms with Gasteiger partial charge in [0.05, 0.1) is 0 Å². The highest BCUT2D eigenvalue weighted by molar-refractivity contribution is 6.06. The van der Waals surface area contributed by atoms with E-state index in [-0.39, 0.29) is 11.3 Å². The van der Waals surface area contributed by atoms with Gasteiger partial charge in [-0.25, -0.2) is 0 Å². The van der Waals surface area contributed by atoms with E-state index in [9.17, 15) is 15.2 Å². The Morgan fingerprint density at radius 2 is 1.65 bits per heavy atom. The van der Waals surface area contributed by atoms with Crippen LogP contribution in [0.5, 0.6) is 5.75 Å².